The van der Waals surface area contributed by atoms with Gasteiger partial charge >= 0.3 is 23.9 Å². The first-order valence-corrected chi connectivity index (χ1v) is 21.1. The van der Waals surface area contributed by atoms with Gasteiger partial charge < -0.3 is 31.4 Å². The fourth-order valence-corrected chi connectivity index (χ4v) is 7.21. The zero-order valence-electron chi connectivity index (χ0n) is 32.3. The van der Waals surface area contributed by atoms with Gasteiger partial charge in [-0.1, -0.05) is 92.4 Å². The van der Waals surface area contributed by atoms with Gasteiger partial charge in [-0.3, -0.25) is 4.79 Å². The molecule has 312 valence electrons. The van der Waals surface area contributed by atoms with E-state index in [2.05, 4.69) is 28.4 Å². The molecule has 0 aromatic heterocycles. The van der Waals surface area contributed by atoms with Crippen LogP contribution < -0.4 is 22.4 Å². The number of nitrogens with one attached hydrogen (secondary N) is 2. The predicted octanol–water partition coefficient (Wildman–Crippen LogP) is 7.47. The predicted molar refractivity (Wildman–Crippen MR) is 232 cm³/mol. The number of nitrogens with two attached hydrogens (primary N) is 2. The number of rotatable bonds is 26. The first kappa shape index (κ1) is 50.9. The summed E-state index contributed by atoms with van der Waals surface area (Å²) in [6.45, 7) is 2.57. The topological polar surface area (TPSA) is 203 Å². The van der Waals surface area contributed by atoms with Crippen LogP contribution in [0.3, 0.4) is 0 Å². The smallest absolute Gasteiger partial charge is 0.349 e. The molecule has 0 aliphatic heterocycles. The minimum Gasteiger partial charge on any atom is -0.481 e. The van der Waals surface area contributed by atoms with E-state index in [1.54, 1.807) is 0 Å². The Morgan fingerprint density at radius 2 is 1.12 bits per heavy atom. The lowest BCUT2D eigenvalue weighted by molar-refractivity contribution is -0.151. The number of carbonyl (C=O) groups excluding carboxylic acids is 2. The standard InChI is InChI=1S/C24H32N2O4S2.C12H20N2O4.C6H6S/c25-15-9-1-2-10-16-26-30-24(29)22(32-20-13-7-4-8-14-20)17-21(18-23(27)28)31-19-11-5-3-6-12-19;13-9-5-1-2-6-10-14-18-12(17)8-4-3-7-11(15)16;7-6-4-2-1-3-5-6/h3-8,11-14,21-22,26H,1-2,9-10,15-18,25H2,(H,27,28);3-4,7-8,14H,1-2,5-6,9-10,13H2,(H,15,16);1-5,7H/b;7-3+,8-4+;. The molecule has 0 bridgehead atoms. The van der Waals surface area contributed by atoms with E-state index in [-0.39, 0.29) is 17.6 Å². The largest absolute Gasteiger partial charge is 0.481 e. The van der Waals surface area contributed by atoms with Crippen LogP contribution in [-0.2, 0) is 28.9 Å². The van der Waals surface area contributed by atoms with Crippen molar-refractivity contribution in [1.82, 2.24) is 11.0 Å². The molecule has 0 saturated carbocycles. The Hall–Kier alpha value is -4.09. The molecule has 2 unspecified atom stereocenters. The molecule has 0 aliphatic rings. The van der Waals surface area contributed by atoms with Crippen molar-refractivity contribution in [2.75, 3.05) is 26.2 Å². The molecule has 0 aliphatic carbocycles. The third-order valence-corrected chi connectivity index (χ3v) is 10.1. The second-order valence-electron chi connectivity index (χ2n) is 12.2. The van der Waals surface area contributed by atoms with Crippen LogP contribution in [0.2, 0.25) is 0 Å². The number of hydrogen-bond acceptors (Lipinski definition) is 13. The Bertz CT molecular complexity index is 1550. The van der Waals surface area contributed by atoms with Crippen molar-refractivity contribution in [1.29, 1.82) is 0 Å². The number of thiol groups is 1. The van der Waals surface area contributed by atoms with E-state index in [0.717, 1.165) is 78.2 Å². The lowest BCUT2D eigenvalue weighted by Crippen LogP contribution is -2.31. The molecule has 0 radical (unpaired) electrons. The van der Waals surface area contributed by atoms with Gasteiger partial charge in [-0.2, -0.15) is 11.0 Å². The van der Waals surface area contributed by atoms with E-state index in [9.17, 15) is 24.3 Å². The Balaban J connectivity index is 0.000000540. The minimum atomic E-state index is -1.07. The van der Waals surface area contributed by atoms with E-state index < -0.39 is 23.2 Å². The lowest BCUT2D eigenvalue weighted by Gasteiger charge is -2.21. The van der Waals surface area contributed by atoms with Gasteiger partial charge in [-0.05, 0) is 81.6 Å². The molecule has 8 N–H and O–H groups in total. The number of carboxylic acid groups (broad SMARTS) is 2. The maximum atomic E-state index is 12.9. The molecule has 0 saturated heterocycles. The zero-order chi connectivity index (χ0) is 41.8. The number of allylic oxidation sites excluding steroid dienone is 2. The third kappa shape index (κ3) is 30.7. The molecule has 12 nitrogen and oxygen atoms in total. The molecule has 0 amide bonds. The summed E-state index contributed by atoms with van der Waals surface area (Å²) in [4.78, 5) is 58.5. The number of thioether (sulfide) groups is 2. The fraction of sp³-hybridized carbons (Fsp3) is 0.381. The van der Waals surface area contributed by atoms with Gasteiger partial charge in [0.25, 0.3) is 0 Å². The Kier molecular flexibility index (Phi) is 31.4. The second-order valence-corrected chi connectivity index (χ2v) is 15.4. The maximum absolute atomic E-state index is 12.9. The van der Waals surface area contributed by atoms with Gasteiger partial charge in [-0.15, -0.1) is 36.2 Å². The molecule has 0 heterocycles. The molecular formula is C42H58N4O8S3. The van der Waals surface area contributed by atoms with Crippen LogP contribution in [0.15, 0.2) is 130 Å². The molecule has 15 heteroatoms. The highest BCUT2D eigenvalue weighted by atomic mass is 32.2. The van der Waals surface area contributed by atoms with Crippen LogP contribution in [0.5, 0.6) is 0 Å². The summed E-state index contributed by atoms with van der Waals surface area (Å²) in [7, 11) is 0. The highest BCUT2D eigenvalue weighted by Gasteiger charge is 2.28. The maximum Gasteiger partial charge on any atom is 0.349 e. The minimum absolute atomic E-state index is 0.0345. The number of unbranched alkanes of at least 4 members (excludes halogenated alkanes) is 6. The Labute approximate surface area is 350 Å². The number of aliphatic carboxylic acids is 2. The van der Waals surface area contributed by atoms with Crippen LogP contribution in [0.25, 0.3) is 0 Å². The number of hydrogen-bond donors (Lipinski definition) is 7. The van der Waals surface area contributed by atoms with Crippen molar-refractivity contribution in [2.24, 2.45) is 11.5 Å². The van der Waals surface area contributed by atoms with E-state index in [1.807, 2.05) is 91.0 Å². The van der Waals surface area contributed by atoms with Crippen molar-refractivity contribution >= 4 is 60.0 Å². The number of carbonyl (C=O) groups is 4. The van der Waals surface area contributed by atoms with Gasteiger partial charge in [-0.25, -0.2) is 14.4 Å². The van der Waals surface area contributed by atoms with E-state index in [1.165, 1.54) is 35.7 Å². The average Bonchev–Trinajstić information content (AvgIpc) is 3.20. The first-order chi connectivity index (χ1) is 27.6. The van der Waals surface area contributed by atoms with E-state index in [4.69, 9.17) is 21.4 Å². The molecule has 2 atom stereocenters. The molecule has 57 heavy (non-hydrogen) atoms. The van der Waals surface area contributed by atoms with Gasteiger partial charge in [0.1, 0.15) is 5.25 Å². The van der Waals surface area contributed by atoms with Crippen LogP contribution in [-0.4, -0.2) is 70.8 Å². The summed E-state index contributed by atoms with van der Waals surface area (Å²) < 4.78 is 0. The molecule has 0 spiro atoms. The molecule has 3 rings (SSSR count). The number of hydroxylamine groups is 2. The average molecular weight is 843 g/mol. The normalized spacial score (nSPS) is 11.8. The van der Waals surface area contributed by atoms with Crippen molar-refractivity contribution < 1.29 is 39.1 Å². The summed E-state index contributed by atoms with van der Waals surface area (Å²) in [5.41, 5.74) is 16.2. The van der Waals surface area contributed by atoms with Gasteiger partial charge in [0.2, 0.25) is 0 Å². The van der Waals surface area contributed by atoms with E-state index >= 15 is 0 Å². The summed E-state index contributed by atoms with van der Waals surface area (Å²) in [5.74, 6) is -2.90. The molecule has 3 aromatic carbocycles. The van der Waals surface area contributed by atoms with Gasteiger partial charge in [0.15, 0.2) is 0 Å². The van der Waals surface area contributed by atoms with Crippen LogP contribution in [0.1, 0.15) is 64.2 Å². The molecular weight excluding hydrogens is 785 g/mol. The van der Waals surface area contributed by atoms with Crippen molar-refractivity contribution in [3.63, 3.8) is 0 Å². The summed E-state index contributed by atoms with van der Waals surface area (Å²) in [6.07, 6.45) is 13.0. The third-order valence-electron chi connectivity index (χ3n) is 7.36. The Morgan fingerprint density at radius 3 is 1.60 bits per heavy atom. The number of benzene rings is 3. The Morgan fingerprint density at radius 1 is 0.649 bits per heavy atom. The summed E-state index contributed by atoms with van der Waals surface area (Å²) >= 11 is 6.97. The number of carboxylic acids is 2. The van der Waals surface area contributed by atoms with Gasteiger partial charge in [0.05, 0.1) is 6.42 Å². The second kappa shape index (κ2) is 35.1. The zero-order valence-corrected chi connectivity index (χ0v) is 34.8. The molecule has 0 fully saturated rings. The van der Waals surface area contributed by atoms with Gasteiger partial charge in [0, 0.05) is 45.2 Å². The lowest BCUT2D eigenvalue weighted by atomic mass is 10.2. The van der Waals surface area contributed by atoms with E-state index in [0.29, 0.717) is 32.6 Å². The first-order valence-electron chi connectivity index (χ1n) is 18.9. The summed E-state index contributed by atoms with van der Waals surface area (Å²) in [6, 6.07) is 29.1. The SMILES string of the molecule is NCCCCCCNOC(=O)/C=C/C=C/C(=O)O.NCCCCCCNOC(=O)C(CC(CC(=O)O)Sc1ccccc1)Sc1ccccc1.Sc1ccccc1. The van der Waals surface area contributed by atoms with Crippen molar-refractivity contribution in [3.8, 4) is 0 Å². The highest BCUT2D eigenvalue weighted by molar-refractivity contribution is 8.01. The fourth-order valence-electron chi connectivity index (χ4n) is 4.59. The summed E-state index contributed by atoms with van der Waals surface area (Å²) in [5, 5.41) is 16.9. The molecule has 3 aromatic rings. The van der Waals surface area contributed by atoms with Crippen LogP contribution in [0, 0.1) is 0 Å². The van der Waals surface area contributed by atoms with Crippen molar-refractivity contribution in [3.05, 3.63) is 115 Å². The highest BCUT2D eigenvalue weighted by Crippen LogP contribution is 2.34. The van der Waals surface area contributed by atoms with Crippen LogP contribution in [0.4, 0.5) is 0 Å². The van der Waals surface area contributed by atoms with Crippen LogP contribution >= 0.6 is 36.2 Å². The van der Waals surface area contributed by atoms with Crippen molar-refractivity contribution in [2.45, 2.75) is 89.4 Å². The monoisotopic (exact) mass is 842 g/mol. The quantitative estimate of drug-likeness (QED) is 0.0105.